The molecule has 1 saturated heterocycles. The third-order valence-corrected chi connectivity index (χ3v) is 7.98. The maximum absolute atomic E-state index is 12.7. The number of piperidine rings is 1. The number of unbranched alkanes of at least 4 members (excludes halogenated alkanes) is 3. The van der Waals surface area contributed by atoms with Crippen LogP contribution in [0.25, 0.3) is 0 Å². The number of nitrogens with zero attached hydrogens (tertiary/aromatic N) is 2. The van der Waals surface area contributed by atoms with Gasteiger partial charge in [-0.15, -0.1) is 0 Å². The average Bonchev–Trinajstić information content (AvgIpc) is 2.74. The van der Waals surface area contributed by atoms with Gasteiger partial charge in [0.15, 0.2) is 0 Å². The molecule has 3 rings (SSSR count). The number of aromatic nitrogens is 1. The van der Waals surface area contributed by atoms with Crippen molar-refractivity contribution in [3.8, 4) is 0 Å². The predicted molar refractivity (Wildman–Crippen MR) is 123 cm³/mol. The Morgan fingerprint density at radius 2 is 2.03 bits per heavy atom. The maximum atomic E-state index is 12.7. The Balaban J connectivity index is 1.69. The standard InChI is InChI=1S/C24H35N3O2S/c1-4-5-6-7-15-27-16-13-24(3,20(2)19-27)21-10-8-11-22(17-21)26-30(28,29)23-12-9-14-25-18-23/h8-12,14,17-18,20,26H,4-7,13,15-16,19H2,1-3H3/t20-,24-/m0/s1. The van der Waals surface area contributed by atoms with Gasteiger partial charge in [0, 0.05) is 24.6 Å². The summed E-state index contributed by atoms with van der Waals surface area (Å²) in [4.78, 5) is 6.69. The molecule has 5 nitrogen and oxygen atoms in total. The molecule has 1 aliphatic heterocycles. The van der Waals surface area contributed by atoms with Crippen molar-refractivity contribution in [2.75, 3.05) is 24.4 Å². The van der Waals surface area contributed by atoms with Gasteiger partial charge in [-0.2, -0.15) is 0 Å². The first-order valence-corrected chi connectivity index (χ1v) is 12.6. The minimum Gasteiger partial charge on any atom is -0.303 e. The second-order valence-electron chi connectivity index (χ2n) is 8.80. The van der Waals surface area contributed by atoms with Crippen molar-refractivity contribution >= 4 is 15.7 Å². The molecule has 0 aliphatic carbocycles. The molecule has 164 valence electrons. The molecule has 2 aromatic rings. The Kier molecular flexibility index (Phi) is 7.53. The van der Waals surface area contributed by atoms with Gasteiger partial charge in [0.05, 0.1) is 0 Å². The molecule has 1 aliphatic rings. The molecule has 0 saturated carbocycles. The predicted octanol–water partition coefficient (Wildman–Crippen LogP) is 5.06. The van der Waals surface area contributed by atoms with Crippen LogP contribution in [0.4, 0.5) is 5.69 Å². The minimum absolute atomic E-state index is 0.0374. The number of sulfonamides is 1. The van der Waals surface area contributed by atoms with E-state index in [1.54, 1.807) is 18.3 Å². The van der Waals surface area contributed by atoms with Gasteiger partial charge < -0.3 is 4.90 Å². The fraction of sp³-hybridized carbons (Fsp3) is 0.542. The van der Waals surface area contributed by atoms with E-state index in [0.717, 1.165) is 19.5 Å². The summed E-state index contributed by atoms with van der Waals surface area (Å²) >= 11 is 0. The molecule has 2 heterocycles. The van der Waals surface area contributed by atoms with Gasteiger partial charge in [-0.1, -0.05) is 52.2 Å². The van der Waals surface area contributed by atoms with E-state index in [2.05, 4.69) is 41.4 Å². The highest BCUT2D eigenvalue weighted by Gasteiger charge is 2.38. The first-order chi connectivity index (χ1) is 14.3. The van der Waals surface area contributed by atoms with Crippen molar-refractivity contribution in [3.05, 3.63) is 54.4 Å². The number of likely N-dealkylation sites (tertiary alicyclic amines) is 1. The van der Waals surface area contributed by atoms with Gasteiger partial charge in [0.25, 0.3) is 10.0 Å². The first-order valence-electron chi connectivity index (χ1n) is 11.1. The van der Waals surface area contributed by atoms with E-state index in [-0.39, 0.29) is 10.3 Å². The summed E-state index contributed by atoms with van der Waals surface area (Å²) in [6.45, 7) is 10.3. The number of anilines is 1. The quantitative estimate of drug-likeness (QED) is 0.566. The van der Waals surface area contributed by atoms with Crippen molar-refractivity contribution in [2.45, 2.75) is 63.2 Å². The van der Waals surface area contributed by atoms with Crippen LogP contribution in [-0.4, -0.2) is 37.9 Å². The number of benzene rings is 1. The minimum atomic E-state index is -3.64. The molecule has 30 heavy (non-hydrogen) atoms. The summed E-state index contributed by atoms with van der Waals surface area (Å²) in [5.41, 5.74) is 1.84. The molecule has 0 radical (unpaired) electrons. The Hall–Kier alpha value is -1.92. The third-order valence-electron chi connectivity index (χ3n) is 6.61. The number of hydrogen-bond donors (Lipinski definition) is 1. The van der Waals surface area contributed by atoms with Gasteiger partial charge in [0.1, 0.15) is 4.90 Å². The number of hydrogen-bond acceptors (Lipinski definition) is 4. The monoisotopic (exact) mass is 429 g/mol. The molecule has 1 aromatic heterocycles. The Bertz CT molecular complexity index is 917. The first kappa shape index (κ1) is 22.8. The maximum Gasteiger partial charge on any atom is 0.263 e. The number of rotatable bonds is 9. The summed E-state index contributed by atoms with van der Waals surface area (Å²) in [6.07, 6.45) is 9.21. The zero-order valence-electron chi connectivity index (χ0n) is 18.5. The molecule has 1 fully saturated rings. The molecule has 6 heteroatoms. The van der Waals surface area contributed by atoms with E-state index in [4.69, 9.17) is 0 Å². The van der Waals surface area contributed by atoms with Crippen molar-refractivity contribution in [1.82, 2.24) is 9.88 Å². The van der Waals surface area contributed by atoms with Crippen LogP contribution in [0, 0.1) is 5.92 Å². The molecule has 2 atom stereocenters. The Morgan fingerprint density at radius 3 is 2.73 bits per heavy atom. The highest BCUT2D eigenvalue weighted by atomic mass is 32.2. The second kappa shape index (κ2) is 9.92. The molecule has 0 amide bonds. The normalized spacial score (nSPS) is 22.7. The zero-order valence-corrected chi connectivity index (χ0v) is 19.3. The van der Waals surface area contributed by atoms with Crippen molar-refractivity contribution in [2.24, 2.45) is 5.92 Å². The van der Waals surface area contributed by atoms with E-state index in [1.165, 1.54) is 44.0 Å². The average molecular weight is 430 g/mol. The fourth-order valence-corrected chi connectivity index (χ4v) is 5.38. The highest BCUT2D eigenvalue weighted by molar-refractivity contribution is 7.92. The summed E-state index contributed by atoms with van der Waals surface area (Å²) < 4.78 is 28.0. The van der Waals surface area contributed by atoms with Crippen LogP contribution in [0.3, 0.4) is 0 Å². The van der Waals surface area contributed by atoms with Gasteiger partial charge >= 0.3 is 0 Å². The van der Waals surface area contributed by atoms with Crippen LogP contribution >= 0.6 is 0 Å². The van der Waals surface area contributed by atoms with Gasteiger partial charge in [-0.25, -0.2) is 8.42 Å². The summed E-state index contributed by atoms with van der Waals surface area (Å²) in [5.74, 6) is 0.502. The SMILES string of the molecule is CCCCCCN1CC[C@](C)(c2cccc(NS(=O)(=O)c3cccnc3)c2)[C@@H](C)C1. The lowest BCUT2D eigenvalue weighted by Crippen LogP contribution is -2.47. The molecular weight excluding hydrogens is 394 g/mol. The van der Waals surface area contributed by atoms with Gasteiger partial charge in [0.2, 0.25) is 0 Å². The Morgan fingerprint density at radius 1 is 1.20 bits per heavy atom. The van der Waals surface area contributed by atoms with E-state index in [9.17, 15) is 8.42 Å². The number of pyridine rings is 1. The smallest absolute Gasteiger partial charge is 0.263 e. The van der Waals surface area contributed by atoms with Crippen LogP contribution in [0.1, 0.15) is 58.4 Å². The molecular formula is C24H35N3O2S. The van der Waals surface area contributed by atoms with E-state index in [0.29, 0.717) is 11.6 Å². The topological polar surface area (TPSA) is 62.3 Å². The van der Waals surface area contributed by atoms with E-state index in [1.807, 2.05) is 18.2 Å². The largest absolute Gasteiger partial charge is 0.303 e. The van der Waals surface area contributed by atoms with Crippen LogP contribution in [0.5, 0.6) is 0 Å². The molecule has 1 N–H and O–H groups in total. The van der Waals surface area contributed by atoms with Gasteiger partial charge in [-0.05, 0) is 67.1 Å². The fourth-order valence-electron chi connectivity index (χ4n) is 4.37. The highest BCUT2D eigenvalue weighted by Crippen LogP contribution is 2.40. The molecule has 0 bridgehead atoms. The molecule has 1 aromatic carbocycles. The van der Waals surface area contributed by atoms with Crippen molar-refractivity contribution in [1.29, 1.82) is 0 Å². The lowest BCUT2D eigenvalue weighted by molar-refractivity contribution is 0.109. The van der Waals surface area contributed by atoms with E-state index >= 15 is 0 Å². The lowest BCUT2D eigenvalue weighted by atomic mass is 9.68. The number of nitrogens with one attached hydrogen (secondary N) is 1. The van der Waals surface area contributed by atoms with Crippen LogP contribution in [0.2, 0.25) is 0 Å². The third kappa shape index (κ3) is 5.41. The van der Waals surface area contributed by atoms with Gasteiger partial charge in [-0.3, -0.25) is 9.71 Å². The zero-order chi connectivity index (χ0) is 21.6. The molecule has 0 unspecified atom stereocenters. The second-order valence-corrected chi connectivity index (χ2v) is 10.5. The summed E-state index contributed by atoms with van der Waals surface area (Å²) in [7, 11) is -3.64. The summed E-state index contributed by atoms with van der Waals surface area (Å²) in [6, 6.07) is 11.1. The lowest BCUT2D eigenvalue weighted by Gasteiger charge is -2.45. The van der Waals surface area contributed by atoms with Crippen LogP contribution in [-0.2, 0) is 15.4 Å². The summed E-state index contributed by atoms with van der Waals surface area (Å²) in [5, 5.41) is 0. The van der Waals surface area contributed by atoms with E-state index < -0.39 is 10.0 Å². The van der Waals surface area contributed by atoms with Crippen LogP contribution < -0.4 is 4.72 Å². The van der Waals surface area contributed by atoms with Crippen molar-refractivity contribution in [3.63, 3.8) is 0 Å². The Labute approximate surface area is 182 Å². The van der Waals surface area contributed by atoms with Crippen LogP contribution in [0.15, 0.2) is 53.7 Å². The molecule has 0 spiro atoms. The van der Waals surface area contributed by atoms with Crippen molar-refractivity contribution < 1.29 is 8.42 Å².